The monoisotopic (exact) mass is 448 g/mol. The van der Waals surface area contributed by atoms with Crippen LogP contribution in [-0.2, 0) is 16.1 Å². The number of hydrogen-bond acceptors (Lipinski definition) is 7. The Bertz CT molecular complexity index is 927. The summed E-state index contributed by atoms with van der Waals surface area (Å²) in [6.07, 6.45) is -0.781. The fourth-order valence-corrected chi connectivity index (χ4v) is 6.40. The molecule has 2 N–H and O–H groups in total. The lowest BCUT2D eigenvalue weighted by atomic mass is 9.79. The van der Waals surface area contributed by atoms with E-state index in [9.17, 15) is 19.8 Å². The van der Waals surface area contributed by atoms with Crippen molar-refractivity contribution in [2.75, 3.05) is 27.3 Å². The van der Waals surface area contributed by atoms with Crippen LogP contribution in [0, 0.1) is 11.8 Å². The molecule has 0 aliphatic carbocycles. The Balaban J connectivity index is 1.40. The highest BCUT2D eigenvalue weighted by Gasteiger charge is 2.60. The summed E-state index contributed by atoms with van der Waals surface area (Å²) >= 11 is 1.57. The minimum atomic E-state index is -1.07. The van der Waals surface area contributed by atoms with E-state index >= 15 is 0 Å². The zero-order valence-corrected chi connectivity index (χ0v) is 18.9. The van der Waals surface area contributed by atoms with Gasteiger partial charge in [-0.2, -0.15) is 0 Å². The normalized spacial score (nSPS) is 26.9. The average Bonchev–Trinajstić information content (AvgIpc) is 2.94. The molecule has 0 saturated carbocycles. The Hall–Kier alpha value is -2.23. The van der Waals surface area contributed by atoms with Gasteiger partial charge in [0.15, 0.2) is 11.5 Å². The lowest BCUT2D eigenvalue weighted by Gasteiger charge is -2.46. The van der Waals surface area contributed by atoms with Crippen molar-refractivity contribution in [2.45, 2.75) is 37.8 Å². The fourth-order valence-electron chi connectivity index (χ4n) is 4.82. The molecule has 3 heterocycles. The zero-order valence-electron chi connectivity index (χ0n) is 18.1. The molecule has 4 rings (SSSR count). The van der Waals surface area contributed by atoms with E-state index in [1.165, 1.54) is 4.90 Å². The third-order valence-corrected chi connectivity index (χ3v) is 7.83. The van der Waals surface area contributed by atoms with Gasteiger partial charge in [-0.05, 0) is 24.6 Å². The molecule has 1 aromatic carbocycles. The smallest absolute Gasteiger partial charge is 0.353 e. The Kier molecular flexibility index (Phi) is 5.93. The molecule has 3 aliphatic heterocycles. The predicted molar refractivity (Wildman–Crippen MR) is 116 cm³/mol. The SMILES string of the molecule is COc1ccc(CN2CC(SC3=C(C(=O)O)N4C(=O)[C@H]([C@@H](C)O)[C@H]4[C@H]3C)C2)cc1OC. The van der Waals surface area contributed by atoms with E-state index in [4.69, 9.17) is 9.47 Å². The van der Waals surface area contributed by atoms with Crippen molar-refractivity contribution in [1.82, 2.24) is 9.80 Å². The largest absolute Gasteiger partial charge is 0.493 e. The van der Waals surface area contributed by atoms with Gasteiger partial charge in [-0.1, -0.05) is 13.0 Å². The molecule has 168 valence electrons. The van der Waals surface area contributed by atoms with E-state index in [0.29, 0.717) is 11.5 Å². The molecule has 0 unspecified atom stereocenters. The number of ether oxygens (including phenoxy) is 2. The lowest BCUT2D eigenvalue weighted by Crippen LogP contribution is -2.63. The van der Waals surface area contributed by atoms with E-state index in [2.05, 4.69) is 4.90 Å². The molecule has 4 atom stereocenters. The van der Waals surface area contributed by atoms with Crippen LogP contribution >= 0.6 is 11.8 Å². The summed E-state index contributed by atoms with van der Waals surface area (Å²) in [6.45, 7) is 5.99. The summed E-state index contributed by atoms with van der Waals surface area (Å²) in [6, 6.07) is 5.61. The minimum absolute atomic E-state index is 0.0895. The highest BCUT2D eigenvalue weighted by atomic mass is 32.2. The number of aliphatic carboxylic acids is 1. The molecule has 1 amide bonds. The number of carboxylic acids is 1. The Morgan fingerprint density at radius 1 is 1.26 bits per heavy atom. The molecule has 9 heteroatoms. The number of carbonyl (C=O) groups excluding carboxylic acids is 1. The molecule has 3 aliphatic rings. The first-order valence-corrected chi connectivity index (χ1v) is 11.2. The van der Waals surface area contributed by atoms with Gasteiger partial charge in [0.1, 0.15) is 5.70 Å². The van der Waals surface area contributed by atoms with E-state index < -0.39 is 18.0 Å². The standard InChI is InChI=1S/C22H28N2O6S/c1-11-18-17(12(2)25)21(26)24(18)19(22(27)28)20(11)31-14-9-23(10-14)8-13-5-6-15(29-3)16(7-13)30-4/h5-7,11-12,14,17-18,25H,8-10H2,1-4H3,(H,27,28)/t11-,12-,17-,18-/m1/s1. The first-order valence-electron chi connectivity index (χ1n) is 10.3. The third kappa shape index (κ3) is 3.68. The lowest BCUT2D eigenvalue weighted by molar-refractivity contribution is -0.163. The molecule has 2 saturated heterocycles. The minimum Gasteiger partial charge on any atom is -0.493 e. The molecule has 8 nitrogen and oxygen atoms in total. The topological polar surface area (TPSA) is 99.5 Å². The number of thioether (sulfide) groups is 1. The number of β-lactam (4-membered cyclic amide) rings is 1. The summed E-state index contributed by atoms with van der Waals surface area (Å²) in [5.41, 5.74) is 1.22. The van der Waals surface area contributed by atoms with Crippen LogP contribution in [0.2, 0.25) is 0 Å². The van der Waals surface area contributed by atoms with Crippen molar-refractivity contribution in [3.05, 3.63) is 34.4 Å². The van der Waals surface area contributed by atoms with Gasteiger partial charge in [-0.15, -0.1) is 11.8 Å². The number of aliphatic hydroxyl groups is 1. The van der Waals surface area contributed by atoms with Crippen LogP contribution in [0.15, 0.2) is 28.8 Å². The number of likely N-dealkylation sites (tertiary alicyclic amines) is 1. The maximum atomic E-state index is 12.4. The van der Waals surface area contributed by atoms with Gasteiger partial charge < -0.3 is 24.6 Å². The van der Waals surface area contributed by atoms with Crippen LogP contribution < -0.4 is 9.47 Å². The van der Waals surface area contributed by atoms with Crippen molar-refractivity contribution in [3.63, 3.8) is 0 Å². The molecular formula is C22H28N2O6S. The summed E-state index contributed by atoms with van der Waals surface area (Å²) in [7, 11) is 3.23. The van der Waals surface area contributed by atoms with Gasteiger partial charge in [-0.25, -0.2) is 4.79 Å². The number of methoxy groups -OCH3 is 2. The number of aliphatic hydroxyl groups excluding tert-OH is 1. The van der Waals surface area contributed by atoms with Gasteiger partial charge in [0.25, 0.3) is 0 Å². The van der Waals surface area contributed by atoms with Crippen LogP contribution in [0.3, 0.4) is 0 Å². The average molecular weight is 449 g/mol. The first kappa shape index (κ1) is 22.0. The molecule has 31 heavy (non-hydrogen) atoms. The van der Waals surface area contributed by atoms with Gasteiger partial charge in [0.05, 0.1) is 32.3 Å². The number of benzene rings is 1. The predicted octanol–water partition coefficient (Wildman–Crippen LogP) is 1.77. The number of carboxylic acid groups (broad SMARTS) is 1. The maximum absolute atomic E-state index is 12.4. The number of fused-ring (bicyclic) bond motifs is 1. The van der Waals surface area contributed by atoms with E-state index in [1.807, 2.05) is 25.1 Å². The second-order valence-corrected chi connectivity index (χ2v) is 9.74. The molecule has 1 aromatic rings. The van der Waals surface area contributed by atoms with Gasteiger partial charge in [-0.3, -0.25) is 9.69 Å². The summed E-state index contributed by atoms with van der Waals surface area (Å²) in [5.74, 6) is -0.580. The van der Waals surface area contributed by atoms with Gasteiger partial charge in [0.2, 0.25) is 5.91 Å². The second kappa shape index (κ2) is 8.37. The summed E-state index contributed by atoms with van der Waals surface area (Å²) in [4.78, 5) is 28.8. The number of hydrogen-bond donors (Lipinski definition) is 2. The van der Waals surface area contributed by atoms with Crippen LogP contribution in [0.25, 0.3) is 0 Å². The van der Waals surface area contributed by atoms with Crippen LogP contribution in [-0.4, -0.2) is 76.6 Å². The van der Waals surface area contributed by atoms with Gasteiger partial charge >= 0.3 is 5.97 Å². The highest BCUT2D eigenvalue weighted by Crippen LogP contribution is 2.52. The number of amides is 1. The Morgan fingerprint density at radius 2 is 1.94 bits per heavy atom. The van der Waals surface area contributed by atoms with E-state index in [0.717, 1.165) is 30.1 Å². The molecular weight excluding hydrogens is 420 g/mol. The summed E-state index contributed by atoms with van der Waals surface area (Å²) < 4.78 is 10.6. The van der Waals surface area contributed by atoms with Crippen LogP contribution in [0.4, 0.5) is 0 Å². The molecule has 0 spiro atoms. The maximum Gasteiger partial charge on any atom is 0.353 e. The second-order valence-electron chi connectivity index (χ2n) is 8.40. The number of carbonyl (C=O) groups is 2. The van der Waals surface area contributed by atoms with Crippen molar-refractivity contribution >= 4 is 23.6 Å². The molecule has 0 bridgehead atoms. The van der Waals surface area contributed by atoms with Gasteiger partial charge in [0, 0.05) is 35.7 Å². The first-order chi connectivity index (χ1) is 14.8. The Morgan fingerprint density at radius 3 is 2.52 bits per heavy atom. The van der Waals surface area contributed by atoms with Crippen LogP contribution in [0.1, 0.15) is 19.4 Å². The number of nitrogens with zero attached hydrogens (tertiary/aromatic N) is 2. The third-order valence-electron chi connectivity index (χ3n) is 6.38. The van der Waals surface area contributed by atoms with Crippen LogP contribution in [0.5, 0.6) is 11.5 Å². The van der Waals surface area contributed by atoms with E-state index in [-0.39, 0.29) is 28.8 Å². The van der Waals surface area contributed by atoms with E-state index in [1.54, 1.807) is 32.9 Å². The van der Waals surface area contributed by atoms with Crippen molar-refractivity contribution in [1.29, 1.82) is 0 Å². The van der Waals surface area contributed by atoms with Crippen molar-refractivity contribution in [2.24, 2.45) is 11.8 Å². The van der Waals surface area contributed by atoms with Crippen molar-refractivity contribution < 1.29 is 29.3 Å². The Labute approximate surface area is 185 Å². The quantitative estimate of drug-likeness (QED) is 0.581. The van der Waals surface area contributed by atoms with Crippen molar-refractivity contribution in [3.8, 4) is 11.5 Å². The zero-order chi connectivity index (χ0) is 22.4. The summed E-state index contributed by atoms with van der Waals surface area (Å²) in [5, 5.41) is 20.0. The molecule has 2 fully saturated rings. The fraction of sp³-hybridized carbons (Fsp3) is 0.545. The molecule has 0 aromatic heterocycles. The number of rotatable bonds is 8. The molecule has 0 radical (unpaired) electrons. The highest BCUT2D eigenvalue weighted by molar-refractivity contribution is 8.03.